The van der Waals surface area contributed by atoms with Crippen LogP contribution in [0.25, 0.3) is 0 Å². The fraction of sp³-hybridized carbons (Fsp3) is 0.364. The largest absolute Gasteiger partial charge is 0.370 e. The van der Waals surface area contributed by atoms with E-state index in [0.29, 0.717) is 17.1 Å². The summed E-state index contributed by atoms with van der Waals surface area (Å²) in [5.41, 5.74) is 5.29. The van der Waals surface area contributed by atoms with Gasteiger partial charge < -0.3 is 15.8 Å². The number of ether oxygens (including phenoxy) is 1. The molecule has 0 atom stereocenters. The zero-order chi connectivity index (χ0) is 14.3. The topological polar surface area (TPSA) is 107 Å². The second-order valence-electron chi connectivity index (χ2n) is 3.69. The minimum Gasteiger partial charge on any atom is -0.370 e. The first kappa shape index (κ1) is 15.4. The number of primary amides is 1. The fourth-order valence-electron chi connectivity index (χ4n) is 1.42. The van der Waals surface area contributed by atoms with Gasteiger partial charge in [0.1, 0.15) is 6.61 Å². The highest BCUT2D eigenvalue weighted by molar-refractivity contribution is 6.31. The smallest absolute Gasteiger partial charge is 0.275 e. The highest BCUT2D eigenvalue weighted by Crippen LogP contribution is 2.25. The third-order valence-corrected chi connectivity index (χ3v) is 2.61. The molecule has 0 heterocycles. The molecule has 0 bridgehead atoms. The number of hydrogen-bond acceptors (Lipinski definition) is 5. The van der Waals surface area contributed by atoms with E-state index in [9.17, 15) is 14.9 Å². The standard InChI is InChI=1S/C11H14ClN3O4/c12-9-2-1-3-10(15(17)18)8(9)6-14-4-5-19-7-11(13)16/h1-3,14H,4-7H2,(H2,13,16). The van der Waals surface area contributed by atoms with Crippen LogP contribution in [0, 0.1) is 10.1 Å². The summed E-state index contributed by atoms with van der Waals surface area (Å²) in [6, 6.07) is 4.52. The van der Waals surface area contributed by atoms with E-state index < -0.39 is 10.8 Å². The van der Waals surface area contributed by atoms with Crippen LogP contribution < -0.4 is 11.1 Å². The number of nitrogens with two attached hydrogens (primary N) is 1. The molecule has 0 spiro atoms. The minimum atomic E-state index is -0.540. The summed E-state index contributed by atoms with van der Waals surface area (Å²) in [5, 5.41) is 14.1. The molecule has 3 N–H and O–H groups in total. The molecule has 7 nitrogen and oxygen atoms in total. The number of carbonyl (C=O) groups is 1. The molecular formula is C11H14ClN3O4. The molecule has 0 aliphatic heterocycles. The van der Waals surface area contributed by atoms with Gasteiger partial charge in [-0.2, -0.15) is 0 Å². The van der Waals surface area contributed by atoms with E-state index >= 15 is 0 Å². The quantitative estimate of drug-likeness (QED) is 0.418. The molecular weight excluding hydrogens is 274 g/mol. The van der Waals surface area contributed by atoms with Crippen molar-refractivity contribution in [2.75, 3.05) is 19.8 Å². The first-order valence-corrected chi connectivity index (χ1v) is 5.88. The van der Waals surface area contributed by atoms with Gasteiger partial charge in [0, 0.05) is 19.2 Å². The Morgan fingerprint density at radius 1 is 1.53 bits per heavy atom. The van der Waals surface area contributed by atoms with Crippen molar-refractivity contribution in [3.63, 3.8) is 0 Å². The van der Waals surface area contributed by atoms with E-state index in [1.165, 1.54) is 12.1 Å². The molecule has 1 aromatic rings. The molecule has 0 unspecified atom stereocenters. The molecule has 0 saturated heterocycles. The van der Waals surface area contributed by atoms with Gasteiger partial charge in [-0.05, 0) is 6.07 Å². The maximum Gasteiger partial charge on any atom is 0.275 e. The number of nitrogens with zero attached hydrogens (tertiary/aromatic N) is 1. The van der Waals surface area contributed by atoms with Gasteiger partial charge in [0.05, 0.1) is 22.1 Å². The number of halogens is 1. The zero-order valence-corrected chi connectivity index (χ0v) is 10.9. The summed E-state index contributed by atoms with van der Waals surface area (Å²) in [5.74, 6) is -0.540. The number of rotatable bonds is 8. The molecule has 0 aliphatic rings. The Balaban J connectivity index is 2.45. The molecule has 0 aliphatic carbocycles. The van der Waals surface area contributed by atoms with Crippen LogP contribution in [0.1, 0.15) is 5.56 Å². The average molecular weight is 288 g/mol. The predicted octanol–water partition coefficient (Wildman–Crippen LogP) is 0.840. The lowest BCUT2D eigenvalue weighted by Crippen LogP contribution is -2.24. The van der Waals surface area contributed by atoms with E-state index in [1.54, 1.807) is 6.07 Å². The van der Waals surface area contributed by atoms with Crippen molar-refractivity contribution in [2.24, 2.45) is 5.73 Å². The van der Waals surface area contributed by atoms with E-state index in [1.807, 2.05) is 0 Å². The number of hydrogen-bond donors (Lipinski definition) is 2. The molecule has 8 heteroatoms. The van der Waals surface area contributed by atoms with Crippen LogP contribution in [0.3, 0.4) is 0 Å². The van der Waals surface area contributed by atoms with Crippen LogP contribution in [0.4, 0.5) is 5.69 Å². The van der Waals surface area contributed by atoms with Gasteiger partial charge in [0.2, 0.25) is 5.91 Å². The van der Waals surface area contributed by atoms with Gasteiger partial charge in [-0.3, -0.25) is 14.9 Å². The summed E-state index contributed by atoms with van der Waals surface area (Å²) in [4.78, 5) is 20.7. The second kappa shape index (κ2) is 7.67. The van der Waals surface area contributed by atoms with Gasteiger partial charge in [-0.1, -0.05) is 17.7 Å². The maximum atomic E-state index is 10.8. The van der Waals surface area contributed by atoms with Crippen molar-refractivity contribution in [1.29, 1.82) is 0 Å². The van der Waals surface area contributed by atoms with Gasteiger partial charge >= 0.3 is 0 Å². The summed E-state index contributed by atoms with van der Waals surface area (Å²) >= 11 is 5.92. The molecule has 19 heavy (non-hydrogen) atoms. The maximum absolute atomic E-state index is 10.8. The number of nitrogens with one attached hydrogen (secondary N) is 1. The minimum absolute atomic E-state index is 0.0296. The number of nitro benzene ring substituents is 1. The normalized spacial score (nSPS) is 10.4. The van der Waals surface area contributed by atoms with Crippen molar-refractivity contribution in [3.05, 3.63) is 38.9 Å². The predicted molar refractivity (Wildman–Crippen MR) is 69.8 cm³/mol. The van der Waals surface area contributed by atoms with Crippen molar-refractivity contribution < 1.29 is 14.5 Å². The molecule has 0 saturated carbocycles. The summed E-state index contributed by atoms with van der Waals surface area (Å²) < 4.78 is 4.94. The first-order chi connectivity index (χ1) is 9.02. The van der Waals surface area contributed by atoms with Crippen LogP contribution >= 0.6 is 11.6 Å². The van der Waals surface area contributed by atoms with Crippen LogP contribution in [0.5, 0.6) is 0 Å². The van der Waals surface area contributed by atoms with Crippen molar-refractivity contribution in [1.82, 2.24) is 5.32 Å². The Labute approximate surface area is 114 Å². The molecule has 1 rings (SSSR count). The van der Waals surface area contributed by atoms with Crippen molar-refractivity contribution in [3.8, 4) is 0 Å². The molecule has 0 aromatic heterocycles. The zero-order valence-electron chi connectivity index (χ0n) is 10.1. The highest BCUT2D eigenvalue weighted by Gasteiger charge is 2.15. The van der Waals surface area contributed by atoms with Crippen molar-refractivity contribution in [2.45, 2.75) is 6.54 Å². The van der Waals surface area contributed by atoms with Gasteiger partial charge in [-0.15, -0.1) is 0 Å². The Bertz CT molecular complexity index is 467. The van der Waals surface area contributed by atoms with Gasteiger partial charge in [0.15, 0.2) is 0 Å². The third-order valence-electron chi connectivity index (χ3n) is 2.26. The van der Waals surface area contributed by atoms with Crippen LogP contribution in [0.2, 0.25) is 5.02 Å². The third kappa shape index (κ3) is 5.21. The molecule has 104 valence electrons. The lowest BCUT2D eigenvalue weighted by Gasteiger charge is -2.07. The lowest BCUT2D eigenvalue weighted by molar-refractivity contribution is -0.385. The van der Waals surface area contributed by atoms with Crippen LogP contribution in [-0.2, 0) is 16.1 Å². The van der Waals surface area contributed by atoms with Crippen LogP contribution in [0.15, 0.2) is 18.2 Å². The molecule has 1 aromatic carbocycles. The summed E-state index contributed by atoms with van der Waals surface area (Å²) in [7, 11) is 0. The monoisotopic (exact) mass is 287 g/mol. The highest BCUT2D eigenvalue weighted by atomic mass is 35.5. The average Bonchev–Trinajstić information content (AvgIpc) is 2.34. The Kier molecular flexibility index (Phi) is 6.20. The van der Waals surface area contributed by atoms with Crippen LogP contribution in [-0.4, -0.2) is 30.6 Å². The van der Waals surface area contributed by atoms with Gasteiger partial charge in [0.25, 0.3) is 5.69 Å². The molecule has 0 fully saturated rings. The van der Waals surface area contributed by atoms with Crippen molar-refractivity contribution >= 4 is 23.2 Å². The Morgan fingerprint density at radius 2 is 2.26 bits per heavy atom. The van der Waals surface area contributed by atoms with E-state index in [-0.39, 0.29) is 25.4 Å². The summed E-state index contributed by atoms with van der Waals surface area (Å²) in [6.45, 7) is 0.806. The number of nitro groups is 1. The Morgan fingerprint density at radius 3 is 2.89 bits per heavy atom. The fourth-order valence-corrected chi connectivity index (χ4v) is 1.66. The SMILES string of the molecule is NC(=O)COCCNCc1c(Cl)cccc1[N+](=O)[O-]. The number of amides is 1. The molecule has 1 amide bonds. The van der Waals surface area contributed by atoms with E-state index in [4.69, 9.17) is 22.1 Å². The number of carbonyl (C=O) groups excluding carboxylic acids is 1. The lowest BCUT2D eigenvalue weighted by atomic mass is 10.2. The van der Waals surface area contributed by atoms with E-state index in [2.05, 4.69) is 5.32 Å². The van der Waals surface area contributed by atoms with Gasteiger partial charge in [-0.25, -0.2) is 0 Å². The van der Waals surface area contributed by atoms with E-state index in [0.717, 1.165) is 0 Å². The summed E-state index contributed by atoms with van der Waals surface area (Å²) in [6.07, 6.45) is 0. The Hall–Kier alpha value is -1.70. The molecule has 0 radical (unpaired) electrons. The first-order valence-electron chi connectivity index (χ1n) is 5.51. The second-order valence-corrected chi connectivity index (χ2v) is 4.10. The number of benzene rings is 1.